The van der Waals surface area contributed by atoms with Gasteiger partial charge < -0.3 is 10.4 Å². The summed E-state index contributed by atoms with van der Waals surface area (Å²) in [5.41, 5.74) is 0.957. The first-order chi connectivity index (χ1) is 8.04. The molecule has 2 N–H and O–H groups in total. The fourth-order valence-corrected chi connectivity index (χ4v) is 2.37. The highest BCUT2D eigenvalue weighted by atomic mass is 32.1. The van der Waals surface area contributed by atoms with Crippen molar-refractivity contribution in [1.82, 2.24) is 5.32 Å². The Bertz CT molecular complexity index is 400. The van der Waals surface area contributed by atoms with Gasteiger partial charge >= 0.3 is 5.97 Å². The van der Waals surface area contributed by atoms with Crippen LogP contribution in [0.25, 0.3) is 0 Å². The number of amides is 1. The molecular weight excluding hydrogens is 238 g/mol. The highest BCUT2D eigenvalue weighted by Crippen LogP contribution is 2.15. The summed E-state index contributed by atoms with van der Waals surface area (Å²) < 4.78 is 0. The van der Waals surface area contributed by atoms with Crippen LogP contribution in [-0.4, -0.2) is 23.5 Å². The van der Waals surface area contributed by atoms with E-state index >= 15 is 0 Å². The third-order valence-electron chi connectivity index (χ3n) is 2.66. The third kappa shape index (κ3) is 4.19. The van der Waals surface area contributed by atoms with Gasteiger partial charge in [0.15, 0.2) is 0 Å². The lowest BCUT2D eigenvalue weighted by Gasteiger charge is -2.13. The van der Waals surface area contributed by atoms with Crippen molar-refractivity contribution in [3.63, 3.8) is 0 Å². The van der Waals surface area contributed by atoms with E-state index < -0.39 is 5.97 Å². The van der Waals surface area contributed by atoms with Crippen LogP contribution in [0.1, 0.15) is 35.0 Å². The van der Waals surface area contributed by atoms with E-state index in [0.29, 0.717) is 11.4 Å². The van der Waals surface area contributed by atoms with Crippen molar-refractivity contribution in [2.24, 2.45) is 5.92 Å². The van der Waals surface area contributed by atoms with Gasteiger partial charge in [-0.15, -0.1) is 11.3 Å². The molecule has 0 aliphatic rings. The van der Waals surface area contributed by atoms with E-state index in [1.54, 1.807) is 0 Å². The second-order valence-corrected chi connectivity index (χ2v) is 4.93. The molecule has 1 amide bonds. The predicted octanol–water partition coefficient (Wildman–Crippen LogP) is 2.29. The molecule has 0 aliphatic carbocycles. The number of aryl methyl sites for hydroxylation is 1. The Labute approximate surface area is 105 Å². The summed E-state index contributed by atoms with van der Waals surface area (Å²) in [6, 6.07) is 1.90. The number of carbonyl (C=O) groups excluding carboxylic acids is 1. The Morgan fingerprint density at radius 2 is 2.24 bits per heavy atom. The fourth-order valence-electron chi connectivity index (χ4n) is 1.53. The van der Waals surface area contributed by atoms with E-state index in [1.807, 2.05) is 25.3 Å². The van der Waals surface area contributed by atoms with Gasteiger partial charge in [-0.3, -0.25) is 9.59 Å². The van der Waals surface area contributed by atoms with Gasteiger partial charge in [0.05, 0.1) is 4.88 Å². The lowest BCUT2D eigenvalue weighted by molar-refractivity contribution is -0.138. The molecule has 0 bridgehead atoms. The molecule has 94 valence electrons. The number of hydrogen-bond acceptors (Lipinski definition) is 3. The summed E-state index contributed by atoms with van der Waals surface area (Å²) in [7, 11) is 0. The summed E-state index contributed by atoms with van der Waals surface area (Å²) >= 11 is 1.40. The van der Waals surface area contributed by atoms with Crippen molar-refractivity contribution in [2.45, 2.75) is 26.7 Å². The Balaban J connectivity index is 2.47. The summed E-state index contributed by atoms with van der Waals surface area (Å²) in [4.78, 5) is 23.1. The van der Waals surface area contributed by atoms with Crippen molar-refractivity contribution in [1.29, 1.82) is 0 Å². The third-order valence-corrected chi connectivity index (χ3v) is 3.68. The maximum Gasteiger partial charge on any atom is 0.303 e. The molecule has 1 heterocycles. The maximum atomic E-state index is 11.8. The number of carboxylic acids is 1. The molecule has 0 saturated heterocycles. The van der Waals surface area contributed by atoms with Gasteiger partial charge in [-0.1, -0.05) is 13.3 Å². The Morgan fingerprint density at radius 3 is 2.71 bits per heavy atom. The normalized spacial score (nSPS) is 12.1. The molecule has 17 heavy (non-hydrogen) atoms. The highest BCUT2D eigenvalue weighted by Gasteiger charge is 2.14. The predicted molar refractivity (Wildman–Crippen MR) is 67.4 cm³/mol. The van der Waals surface area contributed by atoms with Gasteiger partial charge in [0.1, 0.15) is 0 Å². The number of carbonyl (C=O) groups is 2. The van der Waals surface area contributed by atoms with Gasteiger partial charge in [-0.05, 0) is 29.9 Å². The van der Waals surface area contributed by atoms with Gasteiger partial charge in [0, 0.05) is 13.0 Å². The molecule has 5 heteroatoms. The van der Waals surface area contributed by atoms with Gasteiger partial charge in [0.25, 0.3) is 5.91 Å². The zero-order valence-corrected chi connectivity index (χ0v) is 10.8. The van der Waals surface area contributed by atoms with Crippen LogP contribution >= 0.6 is 11.3 Å². The van der Waals surface area contributed by atoms with Gasteiger partial charge in [-0.25, -0.2) is 0 Å². The van der Waals surface area contributed by atoms with Gasteiger partial charge in [0.2, 0.25) is 0 Å². The standard InChI is InChI=1S/C12H17NO3S/c1-3-9(6-10(14)15)7-13-12(16)11-8(2)4-5-17-11/h4-5,9H,3,6-7H2,1-2H3,(H,13,16)(H,14,15). The molecule has 0 fully saturated rings. The average molecular weight is 255 g/mol. The van der Waals surface area contributed by atoms with Gasteiger partial charge in [-0.2, -0.15) is 0 Å². The Kier molecular flexibility index (Phi) is 5.15. The SMILES string of the molecule is CCC(CNC(=O)c1sccc1C)CC(=O)O. The molecule has 4 nitrogen and oxygen atoms in total. The quantitative estimate of drug-likeness (QED) is 0.819. The van der Waals surface area contributed by atoms with Crippen LogP contribution in [0.15, 0.2) is 11.4 Å². The summed E-state index contributed by atoms with van der Waals surface area (Å²) in [5.74, 6) is -0.934. The number of thiophene rings is 1. The van der Waals surface area contributed by atoms with Crippen molar-refractivity contribution in [3.05, 3.63) is 21.9 Å². The largest absolute Gasteiger partial charge is 0.481 e. The van der Waals surface area contributed by atoms with Crippen molar-refractivity contribution >= 4 is 23.2 Å². The molecule has 1 rings (SSSR count). The first kappa shape index (κ1) is 13.7. The monoisotopic (exact) mass is 255 g/mol. The van der Waals surface area contributed by atoms with Crippen LogP contribution < -0.4 is 5.32 Å². The van der Waals surface area contributed by atoms with E-state index in [9.17, 15) is 9.59 Å². The molecule has 1 aromatic heterocycles. The number of carboxylic acid groups (broad SMARTS) is 1. The van der Waals surface area contributed by atoms with Crippen LogP contribution in [0.4, 0.5) is 0 Å². The van der Waals surface area contributed by atoms with Crippen LogP contribution in [0, 0.1) is 12.8 Å². The number of aliphatic carboxylic acids is 1. The molecule has 0 radical (unpaired) electrons. The van der Waals surface area contributed by atoms with Crippen LogP contribution in [0.5, 0.6) is 0 Å². The average Bonchev–Trinajstić information content (AvgIpc) is 2.69. The molecule has 0 aliphatic heterocycles. The first-order valence-electron chi connectivity index (χ1n) is 5.58. The zero-order chi connectivity index (χ0) is 12.8. The number of rotatable bonds is 6. The van der Waals surface area contributed by atoms with E-state index in [2.05, 4.69) is 5.32 Å². The zero-order valence-electron chi connectivity index (χ0n) is 10.0. The Morgan fingerprint density at radius 1 is 1.53 bits per heavy atom. The lowest BCUT2D eigenvalue weighted by atomic mass is 10.0. The van der Waals surface area contributed by atoms with Crippen LogP contribution in [0.3, 0.4) is 0 Å². The maximum absolute atomic E-state index is 11.8. The minimum absolute atomic E-state index is 0.00304. The van der Waals surface area contributed by atoms with E-state index in [1.165, 1.54) is 11.3 Å². The molecule has 0 spiro atoms. The molecule has 0 saturated carbocycles. The summed E-state index contributed by atoms with van der Waals surface area (Å²) in [6.07, 6.45) is 0.843. The second kappa shape index (κ2) is 6.39. The first-order valence-corrected chi connectivity index (χ1v) is 6.46. The summed E-state index contributed by atoms with van der Waals surface area (Å²) in [5, 5.41) is 13.4. The molecule has 0 aromatic carbocycles. The van der Waals surface area contributed by atoms with Crippen LogP contribution in [-0.2, 0) is 4.79 Å². The Hall–Kier alpha value is -1.36. The topological polar surface area (TPSA) is 66.4 Å². The highest BCUT2D eigenvalue weighted by molar-refractivity contribution is 7.12. The fraction of sp³-hybridized carbons (Fsp3) is 0.500. The second-order valence-electron chi connectivity index (χ2n) is 4.01. The lowest BCUT2D eigenvalue weighted by Crippen LogP contribution is -2.30. The number of nitrogens with one attached hydrogen (secondary N) is 1. The van der Waals surface area contributed by atoms with Crippen molar-refractivity contribution < 1.29 is 14.7 Å². The minimum atomic E-state index is -0.821. The van der Waals surface area contributed by atoms with Crippen molar-refractivity contribution in [2.75, 3.05) is 6.54 Å². The minimum Gasteiger partial charge on any atom is -0.481 e. The number of hydrogen-bond donors (Lipinski definition) is 2. The van der Waals surface area contributed by atoms with E-state index in [0.717, 1.165) is 12.0 Å². The molecular formula is C12H17NO3S. The van der Waals surface area contributed by atoms with E-state index in [4.69, 9.17) is 5.11 Å². The summed E-state index contributed by atoms with van der Waals surface area (Å²) in [6.45, 7) is 4.23. The molecule has 1 unspecified atom stereocenters. The van der Waals surface area contributed by atoms with Crippen molar-refractivity contribution in [3.8, 4) is 0 Å². The molecule has 1 atom stereocenters. The smallest absolute Gasteiger partial charge is 0.303 e. The van der Waals surface area contributed by atoms with Crippen LogP contribution in [0.2, 0.25) is 0 Å². The molecule has 1 aromatic rings. The van der Waals surface area contributed by atoms with E-state index in [-0.39, 0.29) is 18.2 Å².